The van der Waals surface area contributed by atoms with E-state index in [1.54, 1.807) is 18.6 Å². The van der Waals surface area contributed by atoms with E-state index in [1.807, 2.05) is 0 Å². The lowest BCUT2D eigenvalue weighted by molar-refractivity contribution is -0.136. The van der Waals surface area contributed by atoms with Gasteiger partial charge in [-0.15, -0.1) is 0 Å². The van der Waals surface area contributed by atoms with Crippen molar-refractivity contribution in [3.63, 3.8) is 0 Å². The molecule has 0 aliphatic heterocycles. The largest absolute Gasteiger partial charge is 0.481 e. The molecule has 0 aromatic heterocycles. The van der Waals surface area contributed by atoms with Gasteiger partial charge < -0.3 is 5.11 Å². The fourth-order valence-corrected chi connectivity index (χ4v) is 0.983. The van der Waals surface area contributed by atoms with Crippen molar-refractivity contribution in [3.05, 3.63) is 42.1 Å². The highest BCUT2D eigenvalue weighted by Crippen LogP contribution is 2.05. The van der Waals surface area contributed by atoms with Crippen LogP contribution in [0, 0.1) is 12.2 Å². The predicted molar refractivity (Wildman–Crippen MR) is 46.7 cm³/mol. The van der Waals surface area contributed by atoms with Gasteiger partial charge in [0.25, 0.3) is 0 Å². The minimum absolute atomic E-state index is 0.0391. The van der Waals surface area contributed by atoms with E-state index in [9.17, 15) is 9.18 Å². The maximum absolute atomic E-state index is 12.4. The molecule has 0 aliphatic carbocycles. The molecule has 0 bridgehead atoms. The van der Waals surface area contributed by atoms with Crippen molar-refractivity contribution in [2.45, 2.75) is 12.8 Å². The van der Waals surface area contributed by atoms with Crippen molar-refractivity contribution in [2.75, 3.05) is 0 Å². The van der Waals surface area contributed by atoms with Gasteiger partial charge >= 0.3 is 5.97 Å². The van der Waals surface area contributed by atoms with Crippen LogP contribution in [0.1, 0.15) is 12.0 Å². The molecular weight excluding hydrogens is 171 g/mol. The Kier molecular flexibility index (Phi) is 3.43. The van der Waals surface area contributed by atoms with Gasteiger partial charge in [-0.05, 0) is 30.5 Å². The molecule has 1 rings (SSSR count). The van der Waals surface area contributed by atoms with Gasteiger partial charge in [0.05, 0.1) is 0 Å². The lowest BCUT2D eigenvalue weighted by Crippen LogP contribution is -1.96. The number of hydrogen-bond acceptors (Lipinski definition) is 1. The molecule has 1 N–H and O–H groups in total. The molecule has 1 aromatic rings. The zero-order valence-electron chi connectivity index (χ0n) is 7.03. The Balaban J connectivity index is 2.37. The molecule has 0 aliphatic rings. The molecule has 3 heteroatoms. The summed E-state index contributed by atoms with van der Waals surface area (Å²) in [7, 11) is 0. The first kappa shape index (κ1) is 9.71. The minimum Gasteiger partial charge on any atom is -0.481 e. The first-order valence-electron chi connectivity index (χ1n) is 3.96. The molecule has 1 radical (unpaired) electrons. The van der Waals surface area contributed by atoms with E-state index in [1.165, 1.54) is 12.1 Å². The predicted octanol–water partition coefficient (Wildman–Crippen LogP) is 2.05. The van der Waals surface area contributed by atoms with Crippen molar-refractivity contribution in [2.24, 2.45) is 0 Å². The molecule has 1 aromatic carbocycles. The highest BCUT2D eigenvalue weighted by molar-refractivity contribution is 5.68. The number of carboxylic acids is 1. The minimum atomic E-state index is -0.845. The van der Waals surface area contributed by atoms with Crippen LogP contribution in [0.25, 0.3) is 0 Å². The number of halogens is 1. The Morgan fingerprint density at radius 2 is 2.00 bits per heavy atom. The molecular formula is C10H10FO2. The van der Waals surface area contributed by atoms with Gasteiger partial charge in [-0.3, -0.25) is 4.79 Å². The zero-order chi connectivity index (χ0) is 9.68. The summed E-state index contributed by atoms with van der Waals surface area (Å²) in [5.41, 5.74) is 0.919. The van der Waals surface area contributed by atoms with E-state index in [0.29, 0.717) is 6.42 Å². The fourth-order valence-electron chi connectivity index (χ4n) is 0.983. The van der Waals surface area contributed by atoms with E-state index in [2.05, 4.69) is 0 Å². The average Bonchev–Trinajstić information content (AvgIpc) is 2.08. The van der Waals surface area contributed by atoms with Crippen LogP contribution in [0.15, 0.2) is 24.3 Å². The highest BCUT2D eigenvalue weighted by Gasteiger charge is 1.98. The molecule has 0 amide bonds. The third kappa shape index (κ3) is 3.69. The third-order valence-corrected chi connectivity index (χ3v) is 1.61. The average molecular weight is 181 g/mol. The molecule has 13 heavy (non-hydrogen) atoms. The summed E-state index contributed by atoms with van der Waals surface area (Å²) in [6, 6.07) is 6.02. The first-order valence-corrected chi connectivity index (χ1v) is 3.96. The topological polar surface area (TPSA) is 37.3 Å². The van der Waals surface area contributed by atoms with Crippen LogP contribution < -0.4 is 0 Å². The van der Waals surface area contributed by atoms with Crippen molar-refractivity contribution < 1.29 is 14.3 Å². The molecule has 2 nitrogen and oxygen atoms in total. The quantitative estimate of drug-likeness (QED) is 0.771. The molecule has 0 atom stereocenters. The Hall–Kier alpha value is -1.38. The van der Waals surface area contributed by atoms with E-state index in [4.69, 9.17) is 5.11 Å². The summed E-state index contributed by atoms with van der Waals surface area (Å²) in [6.45, 7) is 0. The second kappa shape index (κ2) is 4.60. The van der Waals surface area contributed by atoms with E-state index < -0.39 is 5.97 Å². The maximum Gasteiger partial charge on any atom is 0.303 e. The van der Waals surface area contributed by atoms with Crippen molar-refractivity contribution in [3.8, 4) is 0 Å². The maximum atomic E-state index is 12.4. The van der Waals surface area contributed by atoms with Crippen LogP contribution in [0.2, 0.25) is 0 Å². The second-order valence-corrected chi connectivity index (χ2v) is 2.72. The Morgan fingerprint density at radius 3 is 2.54 bits per heavy atom. The van der Waals surface area contributed by atoms with E-state index >= 15 is 0 Å². The zero-order valence-corrected chi connectivity index (χ0v) is 7.03. The van der Waals surface area contributed by atoms with Gasteiger partial charge in [0, 0.05) is 6.42 Å². The normalized spacial score (nSPS) is 9.92. The fraction of sp³-hybridized carbons (Fsp3) is 0.200. The lowest BCUT2D eigenvalue weighted by Gasteiger charge is -1.98. The molecule has 0 spiro atoms. The monoisotopic (exact) mass is 181 g/mol. The number of carboxylic acid groups (broad SMARTS) is 1. The summed E-state index contributed by atoms with van der Waals surface area (Å²) in [5.74, 6) is -1.12. The lowest BCUT2D eigenvalue weighted by atomic mass is 10.1. The van der Waals surface area contributed by atoms with Crippen LogP contribution in [-0.2, 0) is 11.2 Å². The Labute approximate surface area is 76.0 Å². The number of rotatable bonds is 4. The van der Waals surface area contributed by atoms with Crippen LogP contribution in [0.4, 0.5) is 4.39 Å². The second-order valence-electron chi connectivity index (χ2n) is 2.72. The van der Waals surface area contributed by atoms with Gasteiger partial charge in [-0.2, -0.15) is 0 Å². The number of hydrogen-bond donors (Lipinski definition) is 1. The summed E-state index contributed by atoms with van der Waals surface area (Å²) in [6.07, 6.45) is 2.25. The van der Waals surface area contributed by atoms with E-state index in [0.717, 1.165) is 5.56 Å². The van der Waals surface area contributed by atoms with E-state index in [-0.39, 0.29) is 12.2 Å². The van der Waals surface area contributed by atoms with Crippen molar-refractivity contribution in [1.82, 2.24) is 0 Å². The van der Waals surface area contributed by atoms with Gasteiger partial charge in [0.15, 0.2) is 0 Å². The van der Waals surface area contributed by atoms with Crippen LogP contribution in [-0.4, -0.2) is 11.1 Å². The molecule has 0 heterocycles. The number of benzene rings is 1. The summed E-state index contributed by atoms with van der Waals surface area (Å²) in [4.78, 5) is 10.2. The highest BCUT2D eigenvalue weighted by atomic mass is 19.1. The molecule has 0 unspecified atom stereocenters. The number of carbonyl (C=O) groups is 1. The first-order chi connectivity index (χ1) is 6.18. The SMILES string of the molecule is O=C(O)C[CH]Cc1ccc(F)cc1. The van der Waals surface area contributed by atoms with Crippen LogP contribution in [0.3, 0.4) is 0 Å². The molecule has 0 saturated carbocycles. The smallest absolute Gasteiger partial charge is 0.303 e. The summed E-state index contributed by atoms with van der Waals surface area (Å²) < 4.78 is 12.4. The molecule has 0 fully saturated rings. The standard InChI is InChI=1S/C10H10FO2/c11-9-6-4-8(5-7-9)2-1-3-10(12)13/h1,4-7H,2-3H2,(H,12,13). The molecule has 69 valence electrons. The van der Waals surface area contributed by atoms with Crippen molar-refractivity contribution in [1.29, 1.82) is 0 Å². The van der Waals surface area contributed by atoms with Gasteiger partial charge in [-0.1, -0.05) is 12.1 Å². The van der Waals surface area contributed by atoms with Gasteiger partial charge in [-0.25, -0.2) is 4.39 Å². The number of aliphatic carboxylic acids is 1. The summed E-state index contributed by atoms with van der Waals surface area (Å²) >= 11 is 0. The van der Waals surface area contributed by atoms with Gasteiger partial charge in [0.1, 0.15) is 5.82 Å². The van der Waals surface area contributed by atoms with Gasteiger partial charge in [0.2, 0.25) is 0 Å². The molecule has 0 saturated heterocycles. The Morgan fingerprint density at radius 1 is 1.38 bits per heavy atom. The van der Waals surface area contributed by atoms with Crippen molar-refractivity contribution >= 4 is 5.97 Å². The van der Waals surface area contributed by atoms with Crippen LogP contribution >= 0.6 is 0 Å². The third-order valence-electron chi connectivity index (χ3n) is 1.61. The van der Waals surface area contributed by atoms with Crippen LogP contribution in [0.5, 0.6) is 0 Å². The summed E-state index contributed by atoms with van der Waals surface area (Å²) in [5, 5.41) is 8.34. The Bertz CT molecular complexity index is 279.